The van der Waals surface area contributed by atoms with E-state index < -0.39 is 5.91 Å². The number of anilines is 1. The summed E-state index contributed by atoms with van der Waals surface area (Å²) in [7, 11) is 0. The van der Waals surface area contributed by atoms with E-state index in [1.54, 1.807) is 24.3 Å². The van der Waals surface area contributed by atoms with Crippen LogP contribution in [0.3, 0.4) is 0 Å². The minimum atomic E-state index is -0.636. The number of hydrogen-bond donors (Lipinski definition) is 1. The number of nitriles is 1. The van der Waals surface area contributed by atoms with Crippen molar-refractivity contribution in [2.45, 2.75) is 6.61 Å². The molecule has 31 heavy (non-hydrogen) atoms. The van der Waals surface area contributed by atoms with Crippen molar-refractivity contribution in [3.8, 4) is 11.8 Å². The quantitative estimate of drug-likeness (QED) is 0.241. The molecule has 0 saturated heterocycles. The van der Waals surface area contributed by atoms with Gasteiger partial charge in [-0.05, 0) is 51.8 Å². The summed E-state index contributed by atoms with van der Waals surface area (Å²) in [6, 6.07) is 20.0. The molecule has 0 aliphatic heterocycles. The van der Waals surface area contributed by atoms with Crippen LogP contribution in [0.2, 0.25) is 10.0 Å². The highest BCUT2D eigenvalue weighted by Gasteiger charge is 2.16. The number of carbonyl (C=O) groups is 1. The average molecular weight is 581 g/mol. The van der Waals surface area contributed by atoms with Crippen molar-refractivity contribution in [3.63, 3.8) is 0 Å². The second kappa shape index (κ2) is 10.8. The fourth-order valence-electron chi connectivity index (χ4n) is 2.67. The fraction of sp³-hybridized carbons (Fsp3) is 0.0435. The summed E-state index contributed by atoms with van der Waals surface area (Å²) in [6.07, 6.45) is 1.45. The van der Waals surface area contributed by atoms with Crippen LogP contribution in [0.5, 0.6) is 5.75 Å². The normalized spacial score (nSPS) is 11.0. The van der Waals surface area contributed by atoms with Gasteiger partial charge >= 0.3 is 0 Å². The van der Waals surface area contributed by atoms with E-state index in [0.29, 0.717) is 22.4 Å². The number of rotatable bonds is 6. The molecule has 0 aliphatic rings. The Kier molecular flexibility index (Phi) is 8.16. The lowest BCUT2D eigenvalue weighted by Gasteiger charge is -2.13. The third-order valence-electron chi connectivity index (χ3n) is 4.13. The number of ether oxygens (including phenoxy) is 1. The number of nitrogens with zero attached hydrogens (tertiary/aromatic N) is 1. The molecule has 156 valence electrons. The largest absolute Gasteiger partial charge is 0.487 e. The monoisotopic (exact) mass is 578 g/mol. The molecule has 0 saturated carbocycles. The van der Waals surface area contributed by atoms with E-state index in [4.69, 9.17) is 27.9 Å². The molecule has 0 heterocycles. The van der Waals surface area contributed by atoms with Crippen LogP contribution in [-0.4, -0.2) is 5.91 Å². The topological polar surface area (TPSA) is 62.1 Å². The maximum absolute atomic E-state index is 12.7. The van der Waals surface area contributed by atoms with Crippen molar-refractivity contribution in [1.29, 1.82) is 5.26 Å². The smallest absolute Gasteiger partial charge is 0.266 e. The number of amides is 1. The first-order chi connectivity index (χ1) is 14.9. The molecule has 0 aliphatic carbocycles. The molecule has 1 amide bonds. The highest BCUT2D eigenvalue weighted by atomic mass is 79.9. The van der Waals surface area contributed by atoms with E-state index >= 15 is 0 Å². The first-order valence-electron chi connectivity index (χ1n) is 8.92. The molecule has 8 heteroatoms. The average Bonchev–Trinajstić information content (AvgIpc) is 2.74. The lowest BCUT2D eigenvalue weighted by atomic mass is 10.1. The number of hydrogen-bond acceptors (Lipinski definition) is 3. The van der Waals surface area contributed by atoms with Gasteiger partial charge in [-0.3, -0.25) is 4.79 Å². The highest BCUT2D eigenvalue weighted by molar-refractivity contribution is 9.11. The summed E-state index contributed by atoms with van der Waals surface area (Å²) >= 11 is 19.2. The number of carbonyl (C=O) groups excluding carboxylic acids is 1. The van der Waals surface area contributed by atoms with Gasteiger partial charge in [-0.25, -0.2) is 0 Å². The third kappa shape index (κ3) is 6.11. The second-order valence-corrected chi connectivity index (χ2v) is 8.89. The Labute approximate surface area is 206 Å². The van der Waals surface area contributed by atoms with Gasteiger partial charge in [0.25, 0.3) is 5.91 Å². The van der Waals surface area contributed by atoms with Gasteiger partial charge in [0.15, 0.2) is 0 Å². The predicted octanol–water partition coefficient (Wildman–Crippen LogP) is 7.64. The van der Waals surface area contributed by atoms with Crippen LogP contribution in [0.25, 0.3) is 6.08 Å². The molecule has 3 aromatic carbocycles. The molecular weight excluding hydrogens is 567 g/mol. The first kappa shape index (κ1) is 23.4. The fourth-order valence-corrected chi connectivity index (χ4v) is 4.54. The molecule has 3 rings (SSSR count). The van der Waals surface area contributed by atoms with Crippen LogP contribution in [0.1, 0.15) is 11.1 Å². The van der Waals surface area contributed by atoms with Crippen LogP contribution in [0, 0.1) is 11.3 Å². The summed E-state index contributed by atoms with van der Waals surface area (Å²) in [6.45, 7) is 0.325. The molecule has 0 unspecified atom stereocenters. The van der Waals surface area contributed by atoms with E-state index in [1.807, 2.05) is 42.5 Å². The predicted molar refractivity (Wildman–Crippen MR) is 131 cm³/mol. The molecule has 0 fully saturated rings. The maximum atomic E-state index is 12.7. The van der Waals surface area contributed by atoms with E-state index in [2.05, 4.69) is 37.2 Å². The Morgan fingerprint density at radius 3 is 2.39 bits per heavy atom. The summed E-state index contributed by atoms with van der Waals surface area (Å²) < 4.78 is 7.43. The van der Waals surface area contributed by atoms with Crippen LogP contribution in [-0.2, 0) is 11.4 Å². The number of para-hydroxylation sites is 1. The van der Waals surface area contributed by atoms with Crippen LogP contribution >= 0.6 is 55.1 Å². The van der Waals surface area contributed by atoms with Gasteiger partial charge in [0, 0.05) is 10.0 Å². The van der Waals surface area contributed by atoms with Gasteiger partial charge in [0.2, 0.25) is 0 Å². The molecule has 0 atom stereocenters. The molecule has 0 spiro atoms. The zero-order chi connectivity index (χ0) is 22.4. The zero-order valence-electron chi connectivity index (χ0n) is 15.8. The van der Waals surface area contributed by atoms with Gasteiger partial charge in [0.1, 0.15) is 24.0 Å². The molecular formula is C23H14Br2Cl2N2O2. The summed E-state index contributed by atoms with van der Waals surface area (Å²) in [5.74, 6) is -0.133. The van der Waals surface area contributed by atoms with Gasteiger partial charge < -0.3 is 10.1 Å². The van der Waals surface area contributed by atoms with Crippen molar-refractivity contribution < 1.29 is 9.53 Å². The van der Waals surface area contributed by atoms with Crippen LogP contribution in [0.4, 0.5) is 5.69 Å². The van der Waals surface area contributed by atoms with Crippen molar-refractivity contribution in [2.75, 3.05) is 5.32 Å². The van der Waals surface area contributed by atoms with Crippen molar-refractivity contribution in [2.24, 2.45) is 0 Å². The Morgan fingerprint density at radius 2 is 1.74 bits per heavy atom. The van der Waals surface area contributed by atoms with E-state index in [-0.39, 0.29) is 21.3 Å². The van der Waals surface area contributed by atoms with Crippen molar-refractivity contribution in [1.82, 2.24) is 0 Å². The van der Waals surface area contributed by atoms with E-state index in [9.17, 15) is 10.1 Å². The van der Waals surface area contributed by atoms with Crippen molar-refractivity contribution >= 4 is 72.7 Å². The SMILES string of the molecule is N#C/C(=C\c1cc(Br)cc(Br)c1OCc1ccccc1)C(=O)Nc1c(Cl)cccc1Cl. The maximum Gasteiger partial charge on any atom is 0.266 e. The zero-order valence-corrected chi connectivity index (χ0v) is 20.5. The number of benzene rings is 3. The van der Waals surface area contributed by atoms with Gasteiger partial charge in [0.05, 0.1) is 20.2 Å². The van der Waals surface area contributed by atoms with Crippen LogP contribution < -0.4 is 10.1 Å². The lowest BCUT2D eigenvalue weighted by Crippen LogP contribution is -2.14. The third-order valence-corrected chi connectivity index (χ3v) is 5.81. The minimum absolute atomic E-state index is 0.134. The Hall–Kier alpha value is -2.30. The van der Waals surface area contributed by atoms with Crippen LogP contribution in [0.15, 0.2) is 75.2 Å². The molecule has 3 aromatic rings. The summed E-state index contributed by atoms with van der Waals surface area (Å²) in [5.41, 5.74) is 1.64. The minimum Gasteiger partial charge on any atom is -0.487 e. The Bertz CT molecular complexity index is 1170. The highest BCUT2D eigenvalue weighted by Crippen LogP contribution is 2.35. The molecule has 0 bridgehead atoms. The Balaban J connectivity index is 1.92. The summed E-state index contributed by atoms with van der Waals surface area (Å²) in [5, 5.41) is 12.7. The molecule has 1 N–H and O–H groups in total. The standard InChI is InChI=1S/C23H14Br2Cl2N2O2/c24-17-10-15(22(18(25)11-17)31-13-14-5-2-1-3-6-14)9-16(12-28)23(30)29-21-19(26)7-4-8-20(21)27/h1-11H,13H2,(H,29,30)/b16-9+. The van der Waals surface area contributed by atoms with Crippen molar-refractivity contribution in [3.05, 3.63) is 96.4 Å². The molecule has 0 aromatic heterocycles. The van der Waals surface area contributed by atoms with Gasteiger partial charge in [-0.2, -0.15) is 5.26 Å². The first-order valence-corrected chi connectivity index (χ1v) is 11.3. The molecule has 0 radical (unpaired) electrons. The van der Waals surface area contributed by atoms with Gasteiger partial charge in [-0.1, -0.05) is 75.5 Å². The molecule has 4 nitrogen and oxygen atoms in total. The van der Waals surface area contributed by atoms with E-state index in [0.717, 1.165) is 10.0 Å². The van der Waals surface area contributed by atoms with E-state index in [1.165, 1.54) is 6.08 Å². The Morgan fingerprint density at radius 1 is 1.06 bits per heavy atom. The lowest BCUT2D eigenvalue weighted by molar-refractivity contribution is -0.112. The van der Waals surface area contributed by atoms with Gasteiger partial charge in [-0.15, -0.1) is 0 Å². The number of halogens is 4. The second-order valence-electron chi connectivity index (χ2n) is 6.30. The summed E-state index contributed by atoms with van der Waals surface area (Å²) in [4.78, 5) is 12.7. The number of nitrogens with one attached hydrogen (secondary N) is 1.